The van der Waals surface area contributed by atoms with Crippen LogP contribution in [-0.4, -0.2) is 110 Å². The van der Waals surface area contributed by atoms with Crippen molar-refractivity contribution < 1.29 is 85.8 Å². The van der Waals surface area contributed by atoms with Gasteiger partial charge in [-0.25, -0.2) is 38.4 Å². The highest BCUT2D eigenvalue weighted by Gasteiger charge is 2.38. The molecule has 0 unspecified atom stereocenters. The molecule has 0 aromatic heterocycles. The monoisotopic (exact) mass is 1330 g/mol. The molecule has 0 aliphatic rings. The van der Waals surface area contributed by atoms with Crippen LogP contribution >= 0.6 is 0 Å². The summed E-state index contributed by atoms with van der Waals surface area (Å²) >= 11 is 0. The van der Waals surface area contributed by atoms with Gasteiger partial charge in [-0.15, -0.1) is 0 Å². The maximum Gasteiger partial charge on any atom is 0.338 e. The van der Waals surface area contributed by atoms with Gasteiger partial charge in [0.05, 0.1) is 44.5 Å². The Balaban J connectivity index is 0.000000236. The third-order valence-corrected chi connectivity index (χ3v) is 15.2. The van der Waals surface area contributed by atoms with E-state index in [2.05, 4.69) is 0 Å². The molecule has 18 nitrogen and oxygen atoms in total. The summed E-state index contributed by atoms with van der Waals surface area (Å²) in [5.41, 5.74) is 4.96. The number of benzene rings is 8. The van der Waals surface area contributed by atoms with Gasteiger partial charge in [0.1, 0.15) is 39.6 Å². The molecule has 0 aliphatic carbocycles. The van der Waals surface area contributed by atoms with Crippen molar-refractivity contribution in [3.63, 3.8) is 0 Å². The van der Waals surface area contributed by atoms with Crippen LogP contribution in [0.25, 0.3) is 0 Å². The summed E-state index contributed by atoms with van der Waals surface area (Å²) < 4.78 is 49.4. The van der Waals surface area contributed by atoms with Gasteiger partial charge in [-0.2, -0.15) is 0 Å². The van der Waals surface area contributed by atoms with Gasteiger partial charge in [0.2, 0.25) is 0 Å². The second-order valence-electron chi connectivity index (χ2n) is 23.8. The summed E-state index contributed by atoms with van der Waals surface area (Å²) in [4.78, 5) is 112. The molecule has 0 saturated heterocycles. The molecule has 0 fully saturated rings. The molecule has 0 aliphatic heterocycles. The van der Waals surface area contributed by atoms with Crippen LogP contribution in [0.3, 0.4) is 0 Å². The Hall–Kier alpha value is -11.0. The van der Waals surface area contributed by atoms with E-state index in [1.165, 1.54) is 13.8 Å². The normalized spacial score (nSPS) is 10.9. The minimum absolute atomic E-state index is 0.248. The van der Waals surface area contributed by atoms with Gasteiger partial charge in [-0.3, -0.25) is 4.79 Å². The lowest BCUT2D eigenvalue weighted by Crippen LogP contribution is -2.45. The molecule has 8 rings (SSSR count). The van der Waals surface area contributed by atoms with Crippen molar-refractivity contribution in [1.82, 2.24) is 0 Å². The van der Waals surface area contributed by atoms with Crippen molar-refractivity contribution >= 4 is 53.7 Å². The molecule has 512 valence electrons. The third-order valence-electron chi connectivity index (χ3n) is 15.2. The van der Waals surface area contributed by atoms with Gasteiger partial charge in [-0.05, 0) is 174 Å². The fourth-order valence-electron chi connectivity index (χ4n) is 9.32. The zero-order valence-electron chi connectivity index (χ0n) is 57.0. The van der Waals surface area contributed by atoms with Crippen LogP contribution < -0.4 is 0 Å². The SMILES string of the molecule is CC(=O)OC(C)(COC(=O)c1ccccc1)COC(=O)c1ccccc1.CCC(COC(=O)c1cccc(C)c1)(COC(=O)c1cccc(C)c1)OC(=O)c1cccc(C)c1.CCc1ccc(C(=O)OCC(C)(COC(=O)c2ccc(CC)cc2)OC(=O)c2ccc(CC)cc2)cc1. The van der Waals surface area contributed by atoms with Crippen molar-refractivity contribution in [2.45, 2.75) is 112 Å². The highest BCUT2D eigenvalue weighted by Crippen LogP contribution is 2.25. The molecule has 0 heterocycles. The van der Waals surface area contributed by atoms with Crippen LogP contribution in [-0.2, 0) is 66.7 Å². The predicted molar refractivity (Wildman–Crippen MR) is 368 cm³/mol. The molecule has 0 atom stereocenters. The Morgan fingerprint density at radius 1 is 0.286 bits per heavy atom. The number of hydrogen-bond acceptors (Lipinski definition) is 18. The smallest absolute Gasteiger partial charge is 0.338 e. The molecule has 18 heteroatoms. The van der Waals surface area contributed by atoms with Crippen molar-refractivity contribution in [3.8, 4) is 0 Å². The van der Waals surface area contributed by atoms with Crippen molar-refractivity contribution in [1.29, 1.82) is 0 Å². The standard InChI is InChI=1S/C31H34O6.C29H30O6.C20H20O6/c1-5-22-8-14-25(15-9-22)28(32)35-20-31(4,37-30(34)27-18-12-24(7-3)13-19-27)21-36-29(33)26-16-10-23(6-2)11-17-26;1-5-29(35-28(32)25-14-8-11-22(4)17-25,18-33-26(30)23-12-6-9-20(2)15-23)19-34-27(31)24-13-7-10-21(3)16-24;1-15(21)26-20(2,13-24-18(22)16-9-5-3-6-10-16)14-25-19(23)17-11-7-4-8-12-17/h8-19H,5-7,20-21H2,1-4H3;6-17H,5,18-19H2,1-4H3;3-12H,13-14H2,1-2H3. The van der Waals surface area contributed by atoms with E-state index < -0.39 is 70.5 Å². The van der Waals surface area contributed by atoms with Gasteiger partial charge in [0, 0.05) is 6.92 Å². The summed E-state index contributed by atoms with van der Waals surface area (Å²) in [5, 5.41) is 0. The zero-order valence-corrected chi connectivity index (χ0v) is 57.0. The Morgan fingerprint density at radius 2 is 0.541 bits per heavy atom. The van der Waals surface area contributed by atoms with E-state index in [9.17, 15) is 43.2 Å². The summed E-state index contributed by atoms with van der Waals surface area (Å²) in [7, 11) is 0. The van der Waals surface area contributed by atoms with Gasteiger partial charge in [0.25, 0.3) is 0 Å². The average molecular weight is 1330 g/mol. The summed E-state index contributed by atoms with van der Waals surface area (Å²) in [6.07, 6.45) is 2.81. The van der Waals surface area contributed by atoms with Crippen LogP contribution in [0.15, 0.2) is 206 Å². The van der Waals surface area contributed by atoms with Crippen LogP contribution in [0.2, 0.25) is 0 Å². The van der Waals surface area contributed by atoms with Crippen LogP contribution in [0.5, 0.6) is 0 Å². The lowest BCUT2D eigenvalue weighted by atomic mass is 10.0. The van der Waals surface area contributed by atoms with E-state index in [-0.39, 0.29) is 46.1 Å². The Kier molecular flexibility index (Phi) is 29.0. The fourth-order valence-corrected chi connectivity index (χ4v) is 9.32. The fraction of sp³-hybridized carbons (Fsp3) is 0.287. The number of esters is 9. The number of carbonyl (C=O) groups is 9. The quantitative estimate of drug-likeness (QED) is 0.0343. The van der Waals surface area contributed by atoms with E-state index in [0.29, 0.717) is 44.5 Å². The summed E-state index contributed by atoms with van der Waals surface area (Å²) in [6.45, 7) is 16.2. The predicted octanol–water partition coefficient (Wildman–Crippen LogP) is 14.7. The highest BCUT2D eigenvalue weighted by molar-refractivity contribution is 5.94. The number of aryl methyl sites for hydroxylation is 6. The van der Waals surface area contributed by atoms with E-state index in [0.717, 1.165) is 52.6 Å². The zero-order chi connectivity index (χ0) is 71.3. The van der Waals surface area contributed by atoms with Crippen LogP contribution in [0, 0.1) is 20.8 Å². The van der Waals surface area contributed by atoms with Gasteiger partial charge >= 0.3 is 53.7 Å². The topological polar surface area (TPSA) is 237 Å². The average Bonchev–Trinajstić information content (AvgIpc) is 0.875. The number of hydrogen-bond donors (Lipinski definition) is 0. The molecule has 98 heavy (non-hydrogen) atoms. The van der Waals surface area contributed by atoms with Gasteiger partial charge < -0.3 is 42.6 Å². The first-order valence-electron chi connectivity index (χ1n) is 32.1. The number of rotatable bonds is 27. The lowest BCUT2D eigenvalue weighted by Gasteiger charge is -2.31. The van der Waals surface area contributed by atoms with Crippen molar-refractivity contribution in [2.75, 3.05) is 39.6 Å². The molecule has 8 aromatic carbocycles. The second kappa shape index (κ2) is 37.3. The Bertz CT molecular complexity index is 3790. The third kappa shape index (κ3) is 24.3. The first-order valence-corrected chi connectivity index (χ1v) is 32.1. The van der Waals surface area contributed by atoms with E-state index >= 15 is 0 Å². The first kappa shape index (κ1) is 76.0. The highest BCUT2D eigenvalue weighted by atomic mass is 16.6. The maximum absolute atomic E-state index is 13.0. The minimum Gasteiger partial charge on any atom is -0.458 e. The van der Waals surface area contributed by atoms with Crippen LogP contribution in [0.4, 0.5) is 0 Å². The lowest BCUT2D eigenvalue weighted by molar-refractivity contribution is -0.164. The van der Waals surface area contributed by atoms with Crippen molar-refractivity contribution in [3.05, 3.63) is 284 Å². The summed E-state index contributed by atoms with van der Waals surface area (Å²) in [6, 6.07) is 59.2. The number of ether oxygens (including phenoxy) is 9. The van der Waals surface area contributed by atoms with E-state index in [4.69, 9.17) is 42.6 Å². The minimum atomic E-state index is -1.40. The van der Waals surface area contributed by atoms with Gasteiger partial charge in [0.15, 0.2) is 16.8 Å². The molecule has 0 spiro atoms. The molecular weight excluding hydrogens is 1250 g/mol. The van der Waals surface area contributed by atoms with Gasteiger partial charge in [-0.1, -0.05) is 154 Å². The molecule has 8 aromatic rings. The molecule has 0 amide bonds. The molecular formula is C80H84O18. The first-order chi connectivity index (χ1) is 46.9. The van der Waals surface area contributed by atoms with E-state index in [1.807, 2.05) is 96.1 Å². The van der Waals surface area contributed by atoms with Crippen molar-refractivity contribution in [2.24, 2.45) is 0 Å². The largest absolute Gasteiger partial charge is 0.458 e. The molecule has 0 N–H and O–H groups in total. The Labute approximate surface area is 572 Å². The number of carbonyl (C=O) groups excluding carboxylic acids is 9. The Morgan fingerprint density at radius 3 is 0.837 bits per heavy atom. The van der Waals surface area contributed by atoms with Crippen LogP contribution in [0.1, 0.15) is 171 Å². The summed E-state index contributed by atoms with van der Waals surface area (Å²) in [5.74, 6) is -5.09. The second-order valence-corrected chi connectivity index (χ2v) is 23.8. The van der Waals surface area contributed by atoms with E-state index in [1.54, 1.807) is 166 Å². The molecule has 0 saturated carbocycles. The molecule has 0 bridgehead atoms. The molecule has 0 radical (unpaired) electrons. The maximum atomic E-state index is 13.0.